The van der Waals surface area contributed by atoms with E-state index in [0.29, 0.717) is 0 Å². The summed E-state index contributed by atoms with van der Waals surface area (Å²) in [6, 6.07) is 4.06. The Morgan fingerprint density at radius 3 is 3.00 bits per heavy atom. The highest BCUT2D eigenvalue weighted by molar-refractivity contribution is 5.19. The molecule has 46 valence electrons. The van der Waals surface area contributed by atoms with Crippen LogP contribution in [0, 0.1) is 11.3 Å². The van der Waals surface area contributed by atoms with E-state index in [4.69, 9.17) is 5.26 Å². The van der Waals surface area contributed by atoms with Crippen molar-refractivity contribution in [3.63, 3.8) is 0 Å². The summed E-state index contributed by atoms with van der Waals surface area (Å²) in [5.74, 6) is 0.0104. The molecule has 0 amide bonds. The van der Waals surface area contributed by atoms with E-state index in [-0.39, 0.29) is 5.92 Å². The van der Waals surface area contributed by atoms with Crippen molar-refractivity contribution >= 4 is 0 Å². The van der Waals surface area contributed by atoms with E-state index in [2.05, 4.69) is 11.1 Å². The van der Waals surface area contributed by atoms with Crippen LogP contribution in [-0.4, -0.2) is 4.98 Å². The molecule has 0 aliphatic heterocycles. The van der Waals surface area contributed by atoms with Crippen LogP contribution in [0.5, 0.6) is 0 Å². The lowest BCUT2D eigenvalue weighted by atomic mass is 10.1. The highest BCUT2D eigenvalue weighted by Gasteiger charge is 2.00. The zero-order chi connectivity index (χ0) is 6.69. The number of rotatable bonds is 1. The fourth-order valence-corrected chi connectivity index (χ4v) is 0.681. The van der Waals surface area contributed by atoms with Gasteiger partial charge in [-0.15, -0.1) is 0 Å². The molecule has 0 radical (unpaired) electrons. The van der Waals surface area contributed by atoms with E-state index >= 15 is 0 Å². The second kappa shape index (κ2) is 2.36. The average molecular weight is 120 g/mol. The first kappa shape index (κ1) is 5.90. The van der Waals surface area contributed by atoms with Gasteiger partial charge in [-0.25, -0.2) is 0 Å². The van der Waals surface area contributed by atoms with Crippen LogP contribution in [0.25, 0.3) is 0 Å². The van der Waals surface area contributed by atoms with Crippen molar-refractivity contribution in [3.05, 3.63) is 24.0 Å². The molecule has 0 spiro atoms. The predicted molar refractivity (Wildman–Crippen MR) is 34.8 cm³/mol. The van der Waals surface area contributed by atoms with Crippen molar-refractivity contribution in [1.82, 2.24) is 4.98 Å². The van der Waals surface area contributed by atoms with Crippen LogP contribution in [0.15, 0.2) is 18.5 Å². The van der Waals surface area contributed by atoms with Crippen molar-refractivity contribution in [3.8, 4) is 6.07 Å². The molecule has 1 aromatic rings. The van der Waals surface area contributed by atoms with Gasteiger partial charge in [-0.05, 0) is 18.6 Å². The molecular formula is C7H8N2. The van der Waals surface area contributed by atoms with Crippen LogP contribution >= 0.6 is 0 Å². The summed E-state index contributed by atoms with van der Waals surface area (Å²) in [5.41, 5.74) is 1.05. The van der Waals surface area contributed by atoms with Crippen LogP contribution in [0.3, 0.4) is 0 Å². The first-order valence-electron chi connectivity index (χ1n) is 2.87. The number of nitrogens with one attached hydrogen (secondary N) is 1. The van der Waals surface area contributed by atoms with Crippen molar-refractivity contribution in [1.29, 1.82) is 5.26 Å². The van der Waals surface area contributed by atoms with E-state index in [1.54, 1.807) is 0 Å². The predicted octanol–water partition coefficient (Wildman–Crippen LogP) is 1.64. The second-order valence-electron chi connectivity index (χ2n) is 2.00. The summed E-state index contributed by atoms with van der Waals surface area (Å²) in [5, 5.41) is 8.44. The van der Waals surface area contributed by atoms with Gasteiger partial charge in [0.2, 0.25) is 0 Å². The summed E-state index contributed by atoms with van der Waals surface area (Å²) in [7, 11) is 0. The van der Waals surface area contributed by atoms with Gasteiger partial charge >= 0.3 is 0 Å². The fraction of sp³-hybridized carbons (Fsp3) is 0.286. The van der Waals surface area contributed by atoms with Gasteiger partial charge in [0.15, 0.2) is 0 Å². The van der Waals surface area contributed by atoms with Crippen LogP contribution in [0.2, 0.25) is 0 Å². The van der Waals surface area contributed by atoms with E-state index in [9.17, 15) is 0 Å². The Morgan fingerprint density at radius 2 is 2.56 bits per heavy atom. The zero-order valence-electron chi connectivity index (χ0n) is 5.26. The summed E-state index contributed by atoms with van der Waals surface area (Å²) < 4.78 is 0. The highest BCUT2D eigenvalue weighted by Crippen LogP contribution is 2.11. The van der Waals surface area contributed by atoms with Crippen LogP contribution in [0.4, 0.5) is 0 Å². The van der Waals surface area contributed by atoms with Gasteiger partial charge in [0.05, 0.1) is 12.0 Å². The van der Waals surface area contributed by atoms with Gasteiger partial charge in [-0.3, -0.25) is 0 Å². The third-order valence-corrected chi connectivity index (χ3v) is 1.32. The van der Waals surface area contributed by atoms with Gasteiger partial charge in [0.1, 0.15) is 0 Å². The summed E-state index contributed by atoms with van der Waals surface area (Å²) in [4.78, 5) is 2.89. The summed E-state index contributed by atoms with van der Waals surface area (Å²) in [6.45, 7) is 1.88. The second-order valence-corrected chi connectivity index (χ2v) is 2.00. The molecule has 9 heavy (non-hydrogen) atoms. The lowest BCUT2D eigenvalue weighted by Crippen LogP contribution is -1.83. The smallest absolute Gasteiger partial charge is 0.0701 e. The van der Waals surface area contributed by atoms with Crippen molar-refractivity contribution in [2.24, 2.45) is 0 Å². The van der Waals surface area contributed by atoms with Crippen molar-refractivity contribution in [2.45, 2.75) is 12.8 Å². The number of nitriles is 1. The molecular weight excluding hydrogens is 112 g/mol. The first-order chi connectivity index (χ1) is 4.34. The maximum atomic E-state index is 8.44. The van der Waals surface area contributed by atoms with E-state index in [0.717, 1.165) is 5.56 Å². The van der Waals surface area contributed by atoms with E-state index in [1.165, 1.54) is 0 Å². The largest absolute Gasteiger partial charge is 0.367 e. The normalized spacial score (nSPS) is 12.4. The van der Waals surface area contributed by atoms with Crippen molar-refractivity contribution < 1.29 is 0 Å². The average Bonchev–Trinajstić information content (AvgIpc) is 2.37. The molecule has 0 aliphatic rings. The van der Waals surface area contributed by atoms with Gasteiger partial charge in [-0.1, -0.05) is 0 Å². The van der Waals surface area contributed by atoms with E-state index < -0.39 is 0 Å². The van der Waals surface area contributed by atoms with Gasteiger partial charge in [-0.2, -0.15) is 5.26 Å². The first-order valence-corrected chi connectivity index (χ1v) is 2.87. The molecule has 1 unspecified atom stereocenters. The number of nitrogens with zero attached hydrogens (tertiary/aromatic N) is 1. The van der Waals surface area contributed by atoms with Crippen molar-refractivity contribution in [2.75, 3.05) is 0 Å². The zero-order valence-corrected chi connectivity index (χ0v) is 5.26. The van der Waals surface area contributed by atoms with Crippen LogP contribution in [0.1, 0.15) is 18.4 Å². The number of aromatic amines is 1. The molecule has 1 atom stereocenters. The molecule has 0 saturated heterocycles. The Hall–Kier alpha value is -1.23. The Morgan fingerprint density at radius 1 is 1.78 bits per heavy atom. The third-order valence-electron chi connectivity index (χ3n) is 1.32. The molecule has 2 nitrogen and oxygen atoms in total. The van der Waals surface area contributed by atoms with Crippen LogP contribution in [-0.2, 0) is 0 Å². The number of hydrogen-bond donors (Lipinski definition) is 1. The Bertz CT molecular complexity index is 205. The molecule has 0 bridgehead atoms. The maximum absolute atomic E-state index is 8.44. The topological polar surface area (TPSA) is 39.6 Å². The molecule has 0 aromatic carbocycles. The minimum absolute atomic E-state index is 0.0104. The minimum atomic E-state index is 0.0104. The number of H-pyrrole nitrogens is 1. The summed E-state index contributed by atoms with van der Waals surface area (Å²) in [6.07, 6.45) is 3.66. The molecule has 1 heterocycles. The molecule has 1 aromatic heterocycles. The van der Waals surface area contributed by atoms with E-state index in [1.807, 2.05) is 25.4 Å². The SMILES string of the molecule is CC(C#N)c1cc[nH]c1. The Kier molecular flexibility index (Phi) is 1.55. The number of aromatic nitrogens is 1. The lowest BCUT2D eigenvalue weighted by molar-refractivity contribution is 0.984. The molecule has 1 N–H and O–H groups in total. The Labute approximate surface area is 54.1 Å². The quantitative estimate of drug-likeness (QED) is 0.601. The maximum Gasteiger partial charge on any atom is 0.0701 e. The third kappa shape index (κ3) is 1.11. The van der Waals surface area contributed by atoms with Gasteiger partial charge in [0.25, 0.3) is 0 Å². The Balaban J connectivity index is 2.80. The number of hydrogen-bond acceptors (Lipinski definition) is 1. The molecule has 2 heteroatoms. The fourth-order valence-electron chi connectivity index (χ4n) is 0.681. The minimum Gasteiger partial charge on any atom is -0.367 e. The van der Waals surface area contributed by atoms with Crippen LogP contribution < -0.4 is 0 Å². The lowest BCUT2D eigenvalue weighted by Gasteiger charge is -1.92. The van der Waals surface area contributed by atoms with Gasteiger partial charge < -0.3 is 4.98 Å². The molecule has 0 saturated carbocycles. The molecule has 0 aliphatic carbocycles. The molecule has 1 rings (SSSR count). The molecule has 0 fully saturated rings. The standard InChI is InChI=1S/C7H8N2/c1-6(4-8)7-2-3-9-5-7/h2-3,5-6,9H,1H3. The monoisotopic (exact) mass is 120 g/mol. The summed E-state index contributed by atoms with van der Waals surface area (Å²) >= 11 is 0. The highest BCUT2D eigenvalue weighted by atomic mass is 14.6. The van der Waals surface area contributed by atoms with Gasteiger partial charge in [0, 0.05) is 12.4 Å².